The molecule has 2 N–H and O–H groups in total. The van der Waals surface area contributed by atoms with Crippen molar-refractivity contribution in [1.82, 2.24) is 14.8 Å². The summed E-state index contributed by atoms with van der Waals surface area (Å²) in [7, 11) is 0. The molecule has 0 bridgehead atoms. The zero-order chi connectivity index (χ0) is 22.2. The van der Waals surface area contributed by atoms with Crippen molar-refractivity contribution in [3.63, 3.8) is 0 Å². The maximum Gasteiger partial charge on any atom is 0.409 e. The van der Waals surface area contributed by atoms with Crippen molar-refractivity contribution in [3.05, 3.63) is 40.9 Å². The lowest BCUT2D eigenvalue weighted by Gasteiger charge is -2.33. The molecule has 0 atom stereocenters. The van der Waals surface area contributed by atoms with E-state index in [9.17, 15) is 14.4 Å². The monoisotopic (exact) mass is 445 g/mol. The number of rotatable bonds is 6. The van der Waals surface area contributed by atoms with Crippen LogP contribution in [-0.4, -0.2) is 65.6 Å². The molecule has 9 nitrogen and oxygen atoms in total. The summed E-state index contributed by atoms with van der Waals surface area (Å²) in [6.07, 6.45) is 0.717. The molecule has 1 aromatic carbocycles. The predicted octanol–water partition coefficient (Wildman–Crippen LogP) is 3.19. The Morgan fingerprint density at radius 2 is 1.71 bits per heavy atom. The van der Waals surface area contributed by atoms with E-state index in [1.54, 1.807) is 22.1 Å². The average molecular weight is 446 g/mol. The molecule has 2 heterocycles. The number of carbonyl (C=O) groups is 3. The summed E-state index contributed by atoms with van der Waals surface area (Å²) in [6, 6.07) is 7.46. The van der Waals surface area contributed by atoms with Gasteiger partial charge in [0.2, 0.25) is 5.91 Å². The Morgan fingerprint density at radius 3 is 2.35 bits per heavy atom. The van der Waals surface area contributed by atoms with Crippen LogP contribution in [0.2, 0.25) is 0 Å². The van der Waals surface area contributed by atoms with E-state index < -0.39 is 0 Å². The zero-order valence-corrected chi connectivity index (χ0v) is 18.5. The Bertz CT molecular complexity index is 907. The number of benzene rings is 1. The van der Waals surface area contributed by atoms with Gasteiger partial charge < -0.3 is 19.9 Å². The van der Waals surface area contributed by atoms with Gasteiger partial charge >= 0.3 is 12.1 Å². The van der Waals surface area contributed by atoms with Crippen molar-refractivity contribution < 1.29 is 19.1 Å². The Kier molecular flexibility index (Phi) is 7.82. The van der Waals surface area contributed by atoms with Crippen LogP contribution in [0.3, 0.4) is 0 Å². The third-order valence-corrected chi connectivity index (χ3v) is 5.65. The molecule has 1 fully saturated rings. The molecule has 1 aliphatic rings. The highest BCUT2D eigenvalue weighted by Crippen LogP contribution is 2.18. The fourth-order valence-electron chi connectivity index (χ4n) is 3.12. The van der Waals surface area contributed by atoms with Crippen LogP contribution >= 0.6 is 11.3 Å². The van der Waals surface area contributed by atoms with Crippen molar-refractivity contribution in [2.75, 3.05) is 43.4 Å². The molecule has 1 aromatic heterocycles. The molecular formula is C21H27N5O4S. The van der Waals surface area contributed by atoms with Crippen molar-refractivity contribution in [1.29, 1.82) is 0 Å². The maximum atomic E-state index is 12.5. The van der Waals surface area contributed by atoms with Gasteiger partial charge in [0.05, 0.1) is 18.7 Å². The van der Waals surface area contributed by atoms with E-state index in [0.29, 0.717) is 43.6 Å². The first-order valence-electron chi connectivity index (χ1n) is 10.3. The Labute approximate surface area is 185 Å². The largest absolute Gasteiger partial charge is 0.450 e. The highest BCUT2D eigenvalue weighted by molar-refractivity contribution is 7.13. The van der Waals surface area contributed by atoms with Crippen LogP contribution in [0.15, 0.2) is 29.6 Å². The van der Waals surface area contributed by atoms with Gasteiger partial charge in [-0.3, -0.25) is 10.1 Å². The first-order chi connectivity index (χ1) is 15.0. The fourth-order valence-corrected chi connectivity index (χ4v) is 3.82. The fraction of sp³-hybridized carbons (Fsp3) is 0.429. The second-order valence-corrected chi connectivity index (χ2v) is 7.88. The van der Waals surface area contributed by atoms with E-state index >= 15 is 0 Å². The summed E-state index contributed by atoms with van der Waals surface area (Å²) in [6.45, 7) is 5.86. The molecule has 0 unspecified atom stereocenters. The van der Waals surface area contributed by atoms with Crippen molar-refractivity contribution in [2.24, 2.45) is 0 Å². The number of ether oxygens (including phenoxy) is 1. The summed E-state index contributed by atoms with van der Waals surface area (Å²) in [4.78, 5) is 44.0. The molecule has 0 spiro atoms. The number of piperazine rings is 1. The number of thiazole rings is 1. The molecular weight excluding hydrogens is 418 g/mol. The number of aryl methyl sites for hydroxylation is 1. The maximum absolute atomic E-state index is 12.5. The van der Waals surface area contributed by atoms with Crippen molar-refractivity contribution in [2.45, 2.75) is 26.7 Å². The van der Waals surface area contributed by atoms with E-state index in [-0.39, 0.29) is 24.5 Å². The van der Waals surface area contributed by atoms with Crippen molar-refractivity contribution >= 4 is 40.2 Å². The second-order valence-electron chi connectivity index (χ2n) is 7.02. The Hall–Kier alpha value is -3.14. The molecule has 4 amide bonds. The van der Waals surface area contributed by atoms with Gasteiger partial charge in [-0.25, -0.2) is 14.6 Å². The number of anilines is 2. The number of hydrogen-bond acceptors (Lipinski definition) is 6. The SMILES string of the molecule is CCOC(=O)N1CCN(C(=O)Nc2nc(CC(=O)Nc3ccc(CC)cc3)cs2)CC1. The van der Waals surface area contributed by atoms with E-state index in [2.05, 4.69) is 22.5 Å². The number of hydrogen-bond donors (Lipinski definition) is 2. The van der Waals surface area contributed by atoms with E-state index in [1.165, 1.54) is 16.9 Å². The minimum Gasteiger partial charge on any atom is -0.450 e. The van der Waals surface area contributed by atoms with E-state index in [4.69, 9.17) is 4.74 Å². The molecule has 3 rings (SSSR count). The second kappa shape index (κ2) is 10.8. The van der Waals surface area contributed by atoms with Gasteiger partial charge in [0.15, 0.2) is 5.13 Å². The van der Waals surface area contributed by atoms with E-state index in [1.807, 2.05) is 24.3 Å². The summed E-state index contributed by atoms with van der Waals surface area (Å²) in [5.74, 6) is -0.164. The highest BCUT2D eigenvalue weighted by atomic mass is 32.1. The highest BCUT2D eigenvalue weighted by Gasteiger charge is 2.25. The molecule has 166 valence electrons. The lowest BCUT2D eigenvalue weighted by molar-refractivity contribution is -0.115. The quantitative estimate of drug-likeness (QED) is 0.711. The van der Waals surface area contributed by atoms with Gasteiger partial charge in [0.1, 0.15) is 0 Å². The van der Waals surface area contributed by atoms with Gasteiger partial charge in [-0.1, -0.05) is 19.1 Å². The van der Waals surface area contributed by atoms with Gasteiger partial charge in [-0.05, 0) is 31.0 Å². The first kappa shape index (κ1) is 22.5. The van der Waals surface area contributed by atoms with Crippen LogP contribution in [0.5, 0.6) is 0 Å². The normalized spacial score (nSPS) is 13.6. The van der Waals surface area contributed by atoms with Gasteiger partial charge in [-0.15, -0.1) is 11.3 Å². The summed E-state index contributed by atoms with van der Waals surface area (Å²) >= 11 is 1.27. The van der Waals surface area contributed by atoms with Crippen LogP contribution in [-0.2, 0) is 22.4 Å². The standard InChI is InChI=1S/C21H27N5O4S/c1-3-15-5-7-16(8-6-15)22-18(27)13-17-14-31-19(23-17)24-20(28)25-9-11-26(12-10-25)21(29)30-4-2/h5-8,14H,3-4,9-13H2,1-2H3,(H,22,27)(H,23,24,28). The molecule has 0 radical (unpaired) electrons. The number of amides is 4. The van der Waals surface area contributed by atoms with Gasteiger partial charge in [0, 0.05) is 37.2 Å². The van der Waals surface area contributed by atoms with E-state index in [0.717, 1.165) is 12.1 Å². The molecule has 1 aliphatic heterocycles. The molecule has 0 aliphatic carbocycles. The topological polar surface area (TPSA) is 104 Å². The Balaban J connectivity index is 1.45. The lowest BCUT2D eigenvalue weighted by atomic mass is 10.1. The average Bonchev–Trinajstić information content (AvgIpc) is 3.21. The first-order valence-corrected chi connectivity index (χ1v) is 11.2. The third kappa shape index (κ3) is 6.42. The number of nitrogens with zero attached hydrogens (tertiary/aromatic N) is 3. The molecule has 31 heavy (non-hydrogen) atoms. The van der Waals surface area contributed by atoms with Crippen LogP contribution in [0.4, 0.5) is 20.4 Å². The minimum absolute atomic E-state index is 0.125. The number of nitrogens with one attached hydrogen (secondary N) is 2. The summed E-state index contributed by atoms with van der Waals surface area (Å²) < 4.78 is 4.98. The van der Waals surface area contributed by atoms with Crippen LogP contribution < -0.4 is 10.6 Å². The number of aromatic nitrogens is 1. The summed E-state index contributed by atoms with van der Waals surface area (Å²) in [5.41, 5.74) is 2.54. The molecule has 2 aromatic rings. The van der Waals surface area contributed by atoms with Crippen LogP contribution in [0.25, 0.3) is 0 Å². The van der Waals surface area contributed by atoms with Crippen LogP contribution in [0, 0.1) is 0 Å². The smallest absolute Gasteiger partial charge is 0.409 e. The molecule has 10 heteroatoms. The number of urea groups is 1. The minimum atomic E-state index is -0.355. The van der Waals surface area contributed by atoms with Crippen LogP contribution in [0.1, 0.15) is 25.1 Å². The predicted molar refractivity (Wildman–Crippen MR) is 119 cm³/mol. The third-order valence-electron chi connectivity index (χ3n) is 4.85. The zero-order valence-electron chi connectivity index (χ0n) is 17.7. The Morgan fingerprint density at radius 1 is 1.03 bits per heavy atom. The summed E-state index contributed by atoms with van der Waals surface area (Å²) in [5, 5.41) is 7.81. The molecule has 1 saturated heterocycles. The van der Waals surface area contributed by atoms with Gasteiger partial charge in [-0.2, -0.15) is 0 Å². The molecule has 0 saturated carbocycles. The van der Waals surface area contributed by atoms with Crippen molar-refractivity contribution in [3.8, 4) is 0 Å². The number of carbonyl (C=O) groups excluding carboxylic acids is 3. The lowest BCUT2D eigenvalue weighted by Crippen LogP contribution is -2.51. The van der Waals surface area contributed by atoms with Gasteiger partial charge in [0.25, 0.3) is 0 Å².